The molecule has 0 fully saturated rings. The van der Waals surface area contributed by atoms with Crippen LogP contribution in [0.1, 0.15) is 19.8 Å². The predicted octanol–water partition coefficient (Wildman–Crippen LogP) is -1.63. The summed E-state index contributed by atoms with van der Waals surface area (Å²) in [6.45, 7) is 1.47. The van der Waals surface area contributed by atoms with Gasteiger partial charge in [0.2, 0.25) is 11.8 Å². The molecule has 0 aliphatic heterocycles. The topological polar surface area (TPSA) is 136 Å². The number of rotatable bonds is 7. The maximum absolute atomic E-state index is 11.0. The van der Waals surface area contributed by atoms with Crippen molar-refractivity contribution < 1.29 is 19.5 Å². The van der Waals surface area contributed by atoms with Crippen molar-refractivity contribution in [3.8, 4) is 0 Å². The molecule has 0 saturated heterocycles. The van der Waals surface area contributed by atoms with Crippen molar-refractivity contribution >= 4 is 17.8 Å². The van der Waals surface area contributed by atoms with E-state index in [1.165, 1.54) is 6.92 Å². The molecule has 0 aliphatic carbocycles. The summed E-state index contributed by atoms with van der Waals surface area (Å²) >= 11 is 0. The van der Waals surface area contributed by atoms with E-state index in [0.29, 0.717) is 13.0 Å². The second kappa shape index (κ2) is 6.78. The van der Waals surface area contributed by atoms with E-state index < -0.39 is 23.8 Å². The Balaban J connectivity index is 4.72. The first-order chi connectivity index (χ1) is 7.40. The molecular formula is C9H16N3O4. The molecular weight excluding hydrogens is 214 g/mol. The predicted molar refractivity (Wildman–Crippen MR) is 56.0 cm³/mol. The Morgan fingerprint density at radius 3 is 2.25 bits per heavy atom. The maximum atomic E-state index is 11.0. The van der Waals surface area contributed by atoms with Gasteiger partial charge in [0.25, 0.3) is 0 Å². The lowest BCUT2D eigenvalue weighted by Crippen LogP contribution is -2.49. The molecule has 7 nitrogen and oxygen atoms in total. The van der Waals surface area contributed by atoms with Crippen molar-refractivity contribution in [2.24, 2.45) is 11.5 Å². The first-order valence-corrected chi connectivity index (χ1v) is 4.75. The van der Waals surface area contributed by atoms with Crippen molar-refractivity contribution in [1.29, 1.82) is 0 Å². The smallest absolute Gasteiger partial charge is 0.313 e. The van der Waals surface area contributed by atoms with E-state index in [0.717, 1.165) is 0 Å². The highest BCUT2D eigenvalue weighted by molar-refractivity contribution is 5.97. The van der Waals surface area contributed by atoms with Crippen LogP contribution in [0.2, 0.25) is 0 Å². The van der Waals surface area contributed by atoms with Crippen molar-refractivity contribution in [2.45, 2.75) is 25.8 Å². The Morgan fingerprint density at radius 1 is 1.38 bits per heavy atom. The van der Waals surface area contributed by atoms with E-state index in [2.05, 4.69) is 5.32 Å². The SMILES string of the molecule is CC(=O)NC([C](CCCN)C(=O)O)C(N)=O. The number of hydrogen-bond acceptors (Lipinski definition) is 4. The highest BCUT2D eigenvalue weighted by Crippen LogP contribution is 2.14. The summed E-state index contributed by atoms with van der Waals surface area (Å²) in [5.74, 6) is -2.82. The Morgan fingerprint density at radius 2 is 1.94 bits per heavy atom. The van der Waals surface area contributed by atoms with Gasteiger partial charge in [-0.1, -0.05) is 0 Å². The average molecular weight is 230 g/mol. The van der Waals surface area contributed by atoms with Crippen molar-refractivity contribution in [3.63, 3.8) is 0 Å². The van der Waals surface area contributed by atoms with Crippen LogP contribution >= 0.6 is 0 Å². The minimum Gasteiger partial charge on any atom is -0.481 e. The standard InChI is InChI=1S/C9H16N3O4/c1-5(13)12-7(8(11)14)6(9(15)16)3-2-4-10/h7H,2-4,10H2,1H3,(H2,11,14)(H,12,13)(H,15,16). The average Bonchev–Trinajstić information content (AvgIpc) is 2.15. The van der Waals surface area contributed by atoms with Gasteiger partial charge in [0.05, 0.1) is 0 Å². The van der Waals surface area contributed by atoms with Crippen LogP contribution in [-0.2, 0) is 14.4 Å². The molecule has 0 rings (SSSR count). The molecule has 1 unspecified atom stereocenters. The molecule has 1 radical (unpaired) electrons. The summed E-state index contributed by atoms with van der Waals surface area (Å²) in [6, 6.07) is -1.28. The fourth-order valence-corrected chi connectivity index (χ4v) is 1.20. The minimum atomic E-state index is -1.28. The number of carbonyl (C=O) groups excluding carboxylic acids is 2. The second-order valence-electron chi connectivity index (χ2n) is 3.26. The molecule has 0 aromatic carbocycles. The summed E-state index contributed by atoms with van der Waals surface area (Å²) in [7, 11) is 0. The molecule has 0 bridgehead atoms. The number of carbonyl (C=O) groups is 3. The summed E-state index contributed by atoms with van der Waals surface area (Å²) < 4.78 is 0. The van der Waals surface area contributed by atoms with E-state index in [1.807, 2.05) is 0 Å². The van der Waals surface area contributed by atoms with Gasteiger partial charge in [0.1, 0.15) is 12.0 Å². The molecule has 2 amide bonds. The Kier molecular flexibility index (Phi) is 6.09. The lowest BCUT2D eigenvalue weighted by atomic mass is 9.94. The van der Waals surface area contributed by atoms with Gasteiger partial charge in [0.15, 0.2) is 0 Å². The lowest BCUT2D eigenvalue weighted by Gasteiger charge is -2.20. The number of amides is 2. The third-order valence-corrected chi connectivity index (χ3v) is 1.91. The largest absolute Gasteiger partial charge is 0.481 e. The van der Waals surface area contributed by atoms with Crippen LogP contribution in [0.25, 0.3) is 0 Å². The number of hydrogen-bond donors (Lipinski definition) is 4. The summed E-state index contributed by atoms with van der Waals surface area (Å²) in [6.07, 6.45) is 0.519. The molecule has 6 N–H and O–H groups in total. The fraction of sp³-hybridized carbons (Fsp3) is 0.556. The summed E-state index contributed by atoms with van der Waals surface area (Å²) in [5.41, 5.74) is 10.3. The van der Waals surface area contributed by atoms with Gasteiger partial charge in [-0.3, -0.25) is 14.4 Å². The first kappa shape index (κ1) is 14.4. The van der Waals surface area contributed by atoms with Gasteiger partial charge in [-0.15, -0.1) is 0 Å². The molecule has 0 heterocycles. The monoisotopic (exact) mass is 230 g/mol. The highest BCUT2D eigenvalue weighted by atomic mass is 16.4. The third-order valence-electron chi connectivity index (χ3n) is 1.91. The minimum absolute atomic E-state index is 0.111. The Labute approximate surface area is 93.2 Å². The van der Waals surface area contributed by atoms with Crippen LogP contribution in [-0.4, -0.2) is 35.5 Å². The van der Waals surface area contributed by atoms with Crippen LogP contribution in [0.15, 0.2) is 0 Å². The van der Waals surface area contributed by atoms with E-state index in [1.54, 1.807) is 0 Å². The molecule has 0 saturated carbocycles. The van der Waals surface area contributed by atoms with E-state index in [-0.39, 0.29) is 12.3 Å². The molecule has 1 atom stereocenters. The van der Waals surface area contributed by atoms with Crippen LogP contribution in [0, 0.1) is 5.92 Å². The maximum Gasteiger partial charge on any atom is 0.313 e. The van der Waals surface area contributed by atoms with Crippen LogP contribution in [0.3, 0.4) is 0 Å². The van der Waals surface area contributed by atoms with Gasteiger partial charge < -0.3 is 21.9 Å². The second-order valence-corrected chi connectivity index (χ2v) is 3.26. The first-order valence-electron chi connectivity index (χ1n) is 4.75. The number of carboxylic acid groups (broad SMARTS) is 1. The highest BCUT2D eigenvalue weighted by Gasteiger charge is 2.33. The van der Waals surface area contributed by atoms with Gasteiger partial charge >= 0.3 is 5.97 Å². The molecule has 16 heavy (non-hydrogen) atoms. The quantitative estimate of drug-likeness (QED) is 0.416. The molecule has 0 spiro atoms. The normalized spacial score (nSPS) is 12.2. The van der Waals surface area contributed by atoms with Crippen molar-refractivity contribution in [1.82, 2.24) is 5.32 Å². The number of aliphatic carboxylic acids is 1. The molecule has 0 aliphatic rings. The number of carboxylic acids is 1. The molecule has 7 heteroatoms. The van der Waals surface area contributed by atoms with Gasteiger partial charge in [-0.05, 0) is 19.4 Å². The fourth-order valence-electron chi connectivity index (χ4n) is 1.20. The summed E-state index contributed by atoms with van der Waals surface area (Å²) in [5, 5.41) is 11.1. The number of primary amides is 1. The van der Waals surface area contributed by atoms with Gasteiger partial charge in [-0.25, -0.2) is 0 Å². The van der Waals surface area contributed by atoms with Crippen LogP contribution in [0.5, 0.6) is 0 Å². The molecule has 0 aromatic rings. The van der Waals surface area contributed by atoms with Crippen molar-refractivity contribution in [3.05, 3.63) is 5.92 Å². The van der Waals surface area contributed by atoms with E-state index in [9.17, 15) is 14.4 Å². The lowest BCUT2D eigenvalue weighted by molar-refractivity contribution is -0.137. The third kappa shape index (κ3) is 4.74. The number of nitrogens with one attached hydrogen (secondary N) is 1. The van der Waals surface area contributed by atoms with E-state index in [4.69, 9.17) is 16.6 Å². The Bertz CT molecular complexity index is 280. The van der Waals surface area contributed by atoms with Crippen LogP contribution in [0.4, 0.5) is 0 Å². The zero-order chi connectivity index (χ0) is 12.7. The van der Waals surface area contributed by atoms with Gasteiger partial charge in [0, 0.05) is 6.92 Å². The Hall–Kier alpha value is -1.63. The zero-order valence-corrected chi connectivity index (χ0v) is 9.03. The molecule has 0 aromatic heterocycles. The zero-order valence-electron chi connectivity index (χ0n) is 9.03. The molecule has 91 valence electrons. The van der Waals surface area contributed by atoms with Gasteiger partial charge in [-0.2, -0.15) is 0 Å². The van der Waals surface area contributed by atoms with E-state index >= 15 is 0 Å². The number of nitrogens with two attached hydrogens (primary N) is 2. The van der Waals surface area contributed by atoms with Crippen LogP contribution < -0.4 is 16.8 Å². The summed E-state index contributed by atoms with van der Waals surface area (Å²) in [4.78, 5) is 32.7. The van der Waals surface area contributed by atoms with Crippen molar-refractivity contribution in [2.75, 3.05) is 6.54 Å².